The van der Waals surface area contributed by atoms with E-state index in [1.807, 2.05) is 0 Å². The SMILES string of the molecule is CC1=C[CH]([Zr](=[C](c2ccccc2)c2ccccc2)[CH]2c3cc(C)ccc3-c3ccc(C)cc32)c2ccccc21. The Morgan fingerprint density at radius 3 is 1.59 bits per heavy atom. The van der Waals surface area contributed by atoms with E-state index in [0.717, 1.165) is 0 Å². The normalized spacial score (nSPS) is 15.4. The Kier molecular flexibility index (Phi) is 6.29. The zero-order valence-electron chi connectivity index (χ0n) is 22.8. The molecule has 188 valence electrons. The molecule has 0 amide bonds. The molecule has 0 fully saturated rings. The molecule has 1 atom stereocenters. The number of hydrogen-bond donors (Lipinski definition) is 0. The van der Waals surface area contributed by atoms with E-state index in [-0.39, 0.29) is 0 Å². The van der Waals surface area contributed by atoms with E-state index >= 15 is 0 Å². The van der Waals surface area contributed by atoms with Gasteiger partial charge in [0.2, 0.25) is 0 Å². The standard InChI is InChI=1S/C15H13.C13H10.C10H9.Zr/c1-10-3-5-14-12(7-10)9-13-8-11(2)4-6-15(13)14;1-3-7-12(8-4-1)11-13-9-5-2-6-10-13;1-8-6-7-9-4-2-3-5-10(8)9;/h3-9H,1-2H3;1-10H;2-7H,1H3;. The van der Waals surface area contributed by atoms with Gasteiger partial charge in [0.15, 0.2) is 0 Å². The molecule has 5 aromatic carbocycles. The van der Waals surface area contributed by atoms with Gasteiger partial charge >= 0.3 is 241 Å². The van der Waals surface area contributed by atoms with Crippen LogP contribution in [0.15, 0.2) is 127 Å². The van der Waals surface area contributed by atoms with Crippen LogP contribution in [0, 0.1) is 13.8 Å². The molecule has 0 aliphatic heterocycles. The van der Waals surface area contributed by atoms with Crippen molar-refractivity contribution in [3.63, 3.8) is 0 Å². The van der Waals surface area contributed by atoms with Crippen molar-refractivity contribution in [1.82, 2.24) is 0 Å². The molecule has 2 aliphatic rings. The van der Waals surface area contributed by atoms with E-state index in [4.69, 9.17) is 0 Å². The Morgan fingerprint density at radius 1 is 0.513 bits per heavy atom. The maximum atomic E-state index is 2.63. The van der Waals surface area contributed by atoms with Gasteiger partial charge in [-0.3, -0.25) is 0 Å². The second-order valence-corrected chi connectivity index (χ2v) is 17.5. The van der Waals surface area contributed by atoms with Gasteiger partial charge in [-0.15, -0.1) is 0 Å². The van der Waals surface area contributed by atoms with E-state index in [2.05, 4.69) is 148 Å². The fraction of sp³-hybridized carbons (Fsp3) is 0.132. The minimum atomic E-state index is -2.72. The molecule has 0 bridgehead atoms. The van der Waals surface area contributed by atoms with Gasteiger partial charge in [-0.2, -0.15) is 0 Å². The first-order chi connectivity index (χ1) is 19.1. The number of rotatable bonds is 4. The summed E-state index contributed by atoms with van der Waals surface area (Å²) in [6, 6.07) is 46.1. The van der Waals surface area contributed by atoms with Crippen LogP contribution in [0.2, 0.25) is 0 Å². The Labute approximate surface area is 239 Å². The molecule has 0 saturated heterocycles. The summed E-state index contributed by atoms with van der Waals surface area (Å²) in [4.78, 5) is 0. The van der Waals surface area contributed by atoms with Crippen molar-refractivity contribution in [2.24, 2.45) is 0 Å². The summed E-state index contributed by atoms with van der Waals surface area (Å²) >= 11 is -2.72. The van der Waals surface area contributed by atoms with Crippen LogP contribution in [-0.4, -0.2) is 3.21 Å². The third kappa shape index (κ3) is 4.20. The molecule has 5 aromatic rings. The van der Waals surface area contributed by atoms with E-state index in [1.54, 1.807) is 14.3 Å². The summed E-state index contributed by atoms with van der Waals surface area (Å²) in [7, 11) is 0. The number of benzene rings is 5. The molecule has 2 aliphatic carbocycles. The summed E-state index contributed by atoms with van der Waals surface area (Å²) in [5, 5.41) is 0. The predicted octanol–water partition coefficient (Wildman–Crippen LogP) is 9.42. The summed E-state index contributed by atoms with van der Waals surface area (Å²) < 4.78 is 2.52. The van der Waals surface area contributed by atoms with Crippen molar-refractivity contribution in [3.05, 3.63) is 172 Å². The van der Waals surface area contributed by atoms with Crippen molar-refractivity contribution in [2.45, 2.75) is 28.0 Å². The van der Waals surface area contributed by atoms with Crippen LogP contribution in [0.3, 0.4) is 0 Å². The molecule has 1 heteroatoms. The van der Waals surface area contributed by atoms with Gasteiger partial charge in [0.1, 0.15) is 0 Å². The number of fused-ring (bicyclic) bond motifs is 4. The number of allylic oxidation sites excluding steroid dienone is 2. The summed E-state index contributed by atoms with van der Waals surface area (Å²) in [5.41, 5.74) is 15.9. The van der Waals surface area contributed by atoms with Crippen molar-refractivity contribution < 1.29 is 21.3 Å². The monoisotopic (exact) mass is 578 g/mol. The molecule has 0 saturated carbocycles. The number of hydrogen-bond acceptors (Lipinski definition) is 0. The van der Waals surface area contributed by atoms with E-state index < -0.39 is 21.3 Å². The van der Waals surface area contributed by atoms with Gasteiger partial charge in [-0.05, 0) is 0 Å². The zero-order valence-corrected chi connectivity index (χ0v) is 25.2. The topological polar surface area (TPSA) is 0 Å². The molecule has 0 spiro atoms. The van der Waals surface area contributed by atoms with E-state index in [9.17, 15) is 0 Å². The summed E-state index contributed by atoms with van der Waals surface area (Å²) in [6.45, 7) is 6.82. The van der Waals surface area contributed by atoms with E-state index in [0.29, 0.717) is 7.25 Å². The van der Waals surface area contributed by atoms with Crippen molar-refractivity contribution in [2.75, 3.05) is 0 Å². The zero-order chi connectivity index (χ0) is 26.5. The van der Waals surface area contributed by atoms with Crippen LogP contribution < -0.4 is 0 Å². The maximum absolute atomic E-state index is 2.72. The van der Waals surface area contributed by atoms with Crippen molar-refractivity contribution in [1.29, 1.82) is 0 Å². The van der Waals surface area contributed by atoms with Crippen LogP contribution in [0.4, 0.5) is 0 Å². The second-order valence-electron chi connectivity index (χ2n) is 11.1. The predicted molar refractivity (Wildman–Crippen MR) is 162 cm³/mol. The molecule has 0 heterocycles. The summed E-state index contributed by atoms with van der Waals surface area (Å²) in [6.07, 6.45) is 2.63. The molecule has 0 aromatic heterocycles. The first-order valence-corrected chi connectivity index (χ1v) is 18.0. The van der Waals surface area contributed by atoms with Gasteiger partial charge in [-0.1, -0.05) is 0 Å². The fourth-order valence-corrected chi connectivity index (χ4v) is 17.0. The van der Waals surface area contributed by atoms with Gasteiger partial charge in [-0.25, -0.2) is 0 Å². The Balaban J connectivity index is 1.64. The van der Waals surface area contributed by atoms with Crippen LogP contribution in [0.5, 0.6) is 0 Å². The van der Waals surface area contributed by atoms with Gasteiger partial charge < -0.3 is 0 Å². The van der Waals surface area contributed by atoms with E-state index in [1.165, 1.54) is 50.1 Å². The van der Waals surface area contributed by atoms with Gasteiger partial charge in [0.05, 0.1) is 0 Å². The minimum absolute atomic E-state index is 0.438. The third-order valence-corrected chi connectivity index (χ3v) is 17.2. The van der Waals surface area contributed by atoms with Crippen molar-refractivity contribution in [3.8, 4) is 11.1 Å². The Hall–Kier alpha value is -3.41. The first-order valence-electron chi connectivity index (χ1n) is 13.9. The number of aryl methyl sites for hydroxylation is 2. The third-order valence-electron chi connectivity index (χ3n) is 8.52. The van der Waals surface area contributed by atoms with Crippen LogP contribution in [0.1, 0.15) is 58.7 Å². The van der Waals surface area contributed by atoms with Crippen LogP contribution in [-0.2, 0) is 21.3 Å². The molecule has 1 unspecified atom stereocenters. The van der Waals surface area contributed by atoms with Crippen molar-refractivity contribution >= 4 is 8.78 Å². The molecule has 39 heavy (non-hydrogen) atoms. The summed E-state index contributed by atoms with van der Waals surface area (Å²) in [5.74, 6) is 0. The second kappa shape index (κ2) is 9.96. The average molecular weight is 580 g/mol. The first kappa shape index (κ1) is 24.6. The molecular weight excluding hydrogens is 548 g/mol. The Bertz CT molecular complexity index is 1680. The fourth-order valence-electron chi connectivity index (χ4n) is 6.84. The molecule has 0 radical (unpaired) electrons. The van der Waals surface area contributed by atoms with Crippen LogP contribution >= 0.6 is 0 Å². The molecule has 0 N–H and O–H groups in total. The molecule has 0 nitrogen and oxygen atoms in total. The van der Waals surface area contributed by atoms with Gasteiger partial charge in [0.25, 0.3) is 0 Å². The molecular formula is C38H32Zr. The molecule has 7 rings (SSSR count). The quantitative estimate of drug-likeness (QED) is 0.199. The van der Waals surface area contributed by atoms with Crippen LogP contribution in [0.25, 0.3) is 16.7 Å². The Morgan fingerprint density at radius 2 is 1.03 bits per heavy atom. The average Bonchev–Trinajstić information content (AvgIpc) is 3.46. The van der Waals surface area contributed by atoms with Gasteiger partial charge in [0, 0.05) is 0 Å².